The fourth-order valence-corrected chi connectivity index (χ4v) is 5.55. The summed E-state index contributed by atoms with van der Waals surface area (Å²) in [5.41, 5.74) is 9.44. The van der Waals surface area contributed by atoms with Crippen molar-refractivity contribution < 1.29 is 0 Å². The van der Waals surface area contributed by atoms with Gasteiger partial charge in [0.2, 0.25) is 0 Å². The lowest BCUT2D eigenvalue weighted by Gasteiger charge is -2.35. The molecule has 0 bridgehead atoms. The van der Waals surface area contributed by atoms with Crippen LogP contribution in [0.25, 0.3) is 27.6 Å². The highest BCUT2D eigenvalue weighted by atomic mass is 35.5. The molecular weight excluding hydrogens is 476 g/mol. The Kier molecular flexibility index (Phi) is 5.90. The third-order valence-corrected chi connectivity index (χ3v) is 7.36. The van der Waals surface area contributed by atoms with Gasteiger partial charge in [0, 0.05) is 62.3 Å². The molecule has 0 atom stereocenters. The number of rotatable bonds is 5. The van der Waals surface area contributed by atoms with Crippen LogP contribution in [0.3, 0.4) is 0 Å². The minimum Gasteiger partial charge on any atom is -0.341 e. The molecule has 2 aliphatic rings. The van der Waals surface area contributed by atoms with Crippen LogP contribution in [0.15, 0.2) is 109 Å². The van der Waals surface area contributed by atoms with Gasteiger partial charge in [-0.05, 0) is 43.0 Å². The summed E-state index contributed by atoms with van der Waals surface area (Å²) in [4.78, 5) is 11.2. The van der Waals surface area contributed by atoms with Gasteiger partial charge in [-0.1, -0.05) is 79.4 Å². The van der Waals surface area contributed by atoms with Gasteiger partial charge >= 0.3 is 0 Å². The number of hydrogen-bond donors (Lipinski definition) is 1. The van der Waals surface area contributed by atoms with Crippen molar-refractivity contribution in [3.05, 3.63) is 120 Å². The van der Waals surface area contributed by atoms with Crippen molar-refractivity contribution in [2.24, 2.45) is 4.99 Å². The normalized spacial score (nSPS) is 14.9. The first-order valence-corrected chi connectivity index (χ1v) is 12.8. The number of pyridine rings is 1. The molecule has 182 valence electrons. The highest BCUT2D eigenvalue weighted by Crippen LogP contribution is 2.42. The first-order valence-electron chi connectivity index (χ1n) is 12.4. The van der Waals surface area contributed by atoms with Crippen LogP contribution in [-0.2, 0) is 6.42 Å². The van der Waals surface area contributed by atoms with E-state index in [2.05, 4.69) is 77.8 Å². The summed E-state index contributed by atoms with van der Waals surface area (Å²) in [6, 6.07) is 20.7. The first-order chi connectivity index (χ1) is 18.0. The van der Waals surface area contributed by atoms with E-state index in [0.717, 1.165) is 80.3 Å². The summed E-state index contributed by atoms with van der Waals surface area (Å²) in [7, 11) is 0. The monoisotopic (exact) mass is 502 g/mol. The zero-order chi connectivity index (χ0) is 25.5. The molecule has 5 heteroatoms. The molecule has 0 unspecified atom stereocenters. The summed E-state index contributed by atoms with van der Waals surface area (Å²) in [6.07, 6.45) is 8.69. The van der Waals surface area contributed by atoms with Crippen LogP contribution >= 0.6 is 11.6 Å². The zero-order valence-electron chi connectivity index (χ0n) is 20.8. The maximum absolute atomic E-state index is 6.77. The van der Waals surface area contributed by atoms with Crippen molar-refractivity contribution >= 4 is 45.2 Å². The predicted octanol–water partition coefficient (Wildman–Crippen LogP) is 8.61. The molecule has 6 rings (SSSR count). The number of aromatic nitrogens is 1. The molecule has 0 aliphatic carbocycles. The topological polar surface area (TPSA) is 40.5 Å². The van der Waals surface area contributed by atoms with Crippen LogP contribution in [0.5, 0.6) is 0 Å². The third-order valence-electron chi connectivity index (χ3n) is 7.04. The van der Waals surface area contributed by atoms with E-state index in [1.54, 1.807) is 0 Å². The molecule has 37 heavy (non-hydrogen) atoms. The van der Waals surface area contributed by atoms with Gasteiger partial charge in [-0.25, -0.2) is 0 Å². The van der Waals surface area contributed by atoms with Gasteiger partial charge in [0.25, 0.3) is 0 Å². The number of nitrogens with zero attached hydrogens (tertiary/aromatic N) is 3. The van der Waals surface area contributed by atoms with Gasteiger partial charge in [0.05, 0.1) is 11.9 Å². The highest BCUT2D eigenvalue weighted by molar-refractivity contribution is 6.33. The number of fused-ring (bicyclic) bond motifs is 2. The summed E-state index contributed by atoms with van der Waals surface area (Å²) in [5.74, 6) is 0.730. The van der Waals surface area contributed by atoms with E-state index in [1.165, 1.54) is 11.3 Å². The van der Waals surface area contributed by atoms with Gasteiger partial charge in [-0.15, -0.1) is 0 Å². The molecule has 0 fully saturated rings. The van der Waals surface area contributed by atoms with Crippen molar-refractivity contribution in [3.8, 4) is 11.1 Å². The van der Waals surface area contributed by atoms with Gasteiger partial charge < -0.3 is 5.32 Å². The molecule has 4 aromatic rings. The number of hydrogen-bond acceptors (Lipinski definition) is 4. The minimum absolute atomic E-state index is 0.730. The second kappa shape index (κ2) is 9.38. The molecule has 0 saturated heterocycles. The van der Waals surface area contributed by atoms with E-state index < -0.39 is 0 Å². The Morgan fingerprint density at radius 3 is 2.70 bits per heavy atom. The van der Waals surface area contributed by atoms with Crippen LogP contribution in [0.4, 0.5) is 11.4 Å². The number of halogens is 1. The number of allylic oxidation sites excluding steroid dienone is 2. The Bertz CT molecular complexity index is 1640. The fraction of sp³-hybridized carbons (Fsp3) is 0.125. The molecule has 3 aromatic carbocycles. The largest absolute Gasteiger partial charge is 0.341 e. The van der Waals surface area contributed by atoms with Crippen LogP contribution in [0.2, 0.25) is 5.02 Å². The molecule has 3 heterocycles. The Hall–Kier alpha value is -4.15. The Morgan fingerprint density at radius 1 is 1.00 bits per heavy atom. The van der Waals surface area contributed by atoms with Crippen molar-refractivity contribution in [1.82, 2.24) is 4.98 Å². The number of benzene rings is 3. The fourth-order valence-electron chi connectivity index (χ4n) is 5.24. The van der Waals surface area contributed by atoms with Crippen LogP contribution in [-0.4, -0.2) is 10.7 Å². The maximum atomic E-state index is 6.77. The predicted molar refractivity (Wildman–Crippen MR) is 157 cm³/mol. The van der Waals surface area contributed by atoms with E-state index in [1.807, 2.05) is 41.6 Å². The number of nitrogens with one attached hydrogen (secondary N) is 1. The van der Waals surface area contributed by atoms with Crippen molar-refractivity contribution in [3.63, 3.8) is 0 Å². The average molecular weight is 503 g/mol. The standard InChI is InChI=1S/C32H27ClN4/c1-20-11-14-26(35-20)15-12-23-8-6-10-29(33)32(23)24-13-16-27-21(2)37(22(3)36-30(27)17-24)31-19-34-18-25-7-4-5-9-28(25)31/h4-10,13-14,16-19,36H,2-3,11-12,15H2,1H3. The van der Waals surface area contributed by atoms with Crippen molar-refractivity contribution in [1.29, 1.82) is 0 Å². The average Bonchev–Trinajstić information content (AvgIpc) is 3.32. The Labute approximate surface area is 222 Å². The number of aliphatic imine (C=N–C) groups is 1. The summed E-state index contributed by atoms with van der Waals surface area (Å²) < 4.78 is 0. The molecule has 0 spiro atoms. The van der Waals surface area contributed by atoms with Gasteiger partial charge in [-0.3, -0.25) is 14.9 Å². The number of anilines is 2. The SMILES string of the molecule is C=C1Nc2cc(-c3c(Cl)cccc3CCC3=CCC(C)=N3)ccc2C(=C)N1c1cncc2ccccc12. The van der Waals surface area contributed by atoms with E-state index in [9.17, 15) is 0 Å². The summed E-state index contributed by atoms with van der Waals surface area (Å²) in [6.45, 7) is 10.8. The van der Waals surface area contributed by atoms with Crippen molar-refractivity contribution in [2.75, 3.05) is 10.2 Å². The Balaban J connectivity index is 1.35. The Morgan fingerprint density at radius 2 is 1.86 bits per heavy atom. The van der Waals surface area contributed by atoms with E-state index in [0.29, 0.717) is 0 Å². The van der Waals surface area contributed by atoms with E-state index in [4.69, 9.17) is 11.6 Å². The molecule has 1 aromatic heterocycles. The van der Waals surface area contributed by atoms with Crippen LogP contribution < -0.4 is 10.2 Å². The summed E-state index contributed by atoms with van der Waals surface area (Å²) in [5, 5.41) is 6.42. The van der Waals surface area contributed by atoms with Crippen molar-refractivity contribution in [2.45, 2.75) is 26.2 Å². The highest BCUT2D eigenvalue weighted by Gasteiger charge is 2.26. The number of aryl methyl sites for hydroxylation is 1. The van der Waals surface area contributed by atoms with Crippen LogP contribution in [0.1, 0.15) is 30.9 Å². The lowest BCUT2D eigenvalue weighted by Crippen LogP contribution is -2.29. The van der Waals surface area contributed by atoms with E-state index in [-0.39, 0.29) is 0 Å². The lowest BCUT2D eigenvalue weighted by molar-refractivity contribution is 0.932. The molecule has 0 saturated carbocycles. The van der Waals surface area contributed by atoms with E-state index >= 15 is 0 Å². The van der Waals surface area contributed by atoms with Crippen LogP contribution in [0, 0.1) is 0 Å². The minimum atomic E-state index is 0.730. The molecule has 4 nitrogen and oxygen atoms in total. The second-order valence-electron chi connectivity index (χ2n) is 9.51. The maximum Gasteiger partial charge on any atom is 0.108 e. The van der Waals surface area contributed by atoms with Gasteiger partial charge in [-0.2, -0.15) is 0 Å². The smallest absolute Gasteiger partial charge is 0.108 e. The second-order valence-corrected chi connectivity index (χ2v) is 9.92. The third kappa shape index (κ3) is 4.24. The van der Waals surface area contributed by atoms with Gasteiger partial charge in [0.1, 0.15) is 5.82 Å². The molecule has 0 amide bonds. The zero-order valence-corrected chi connectivity index (χ0v) is 21.5. The molecule has 2 aliphatic heterocycles. The summed E-state index contributed by atoms with van der Waals surface area (Å²) >= 11 is 6.77. The van der Waals surface area contributed by atoms with Gasteiger partial charge in [0.15, 0.2) is 0 Å². The first kappa shape index (κ1) is 23.3. The molecule has 0 radical (unpaired) electrons. The molecule has 1 N–H and O–H groups in total. The lowest BCUT2D eigenvalue weighted by atomic mass is 9.93. The molecular formula is C32H27ClN4. The quantitative estimate of drug-likeness (QED) is 0.297.